The van der Waals surface area contributed by atoms with Crippen molar-refractivity contribution >= 4 is 16.1 Å². The van der Waals surface area contributed by atoms with Gasteiger partial charge in [0.2, 0.25) is 0 Å². The van der Waals surface area contributed by atoms with Gasteiger partial charge in [-0.3, -0.25) is 4.99 Å². The van der Waals surface area contributed by atoms with Crippen LogP contribution in [0.3, 0.4) is 0 Å². The molecule has 1 aromatic rings. The molecule has 0 saturated carbocycles. The molecule has 0 radical (unpaired) electrons. The molecule has 0 spiro atoms. The first-order chi connectivity index (χ1) is 8.50. The van der Waals surface area contributed by atoms with Crippen molar-refractivity contribution in [3.05, 3.63) is 35.2 Å². The molecule has 18 heavy (non-hydrogen) atoms. The Balaban J connectivity index is 2.17. The van der Waals surface area contributed by atoms with Crippen molar-refractivity contribution in [2.24, 2.45) is 4.99 Å². The largest absolute Gasteiger partial charge is 0.507 e. The van der Waals surface area contributed by atoms with Crippen molar-refractivity contribution in [3.63, 3.8) is 0 Å². The van der Waals surface area contributed by atoms with E-state index in [0.29, 0.717) is 11.3 Å². The molecule has 0 saturated heterocycles. The highest BCUT2D eigenvalue weighted by Gasteiger charge is 2.20. The number of methoxy groups -OCH3 is 1. The van der Waals surface area contributed by atoms with Crippen LogP contribution in [0.1, 0.15) is 5.56 Å². The molecular formula is C12H13NO4S. The second kappa shape index (κ2) is 4.81. The first-order valence-electron chi connectivity index (χ1n) is 5.31. The van der Waals surface area contributed by atoms with Gasteiger partial charge in [0.25, 0.3) is 0 Å². The van der Waals surface area contributed by atoms with Gasteiger partial charge in [0.1, 0.15) is 11.5 Å². The predicted octanol–water partition coefficient (Wildman–Crippen LogP) is 1.13. The number of phenolic OH excluding ortho intramolecular Hbond substituents is 1. The van der Waals surface area contributed by atoms with E-state index in [9.17, 15) is 13.5 Å². The maximum absolute atomic E-state index is 11.2. The summed E-state index contributed by atoms with van der Waals surface area (Å²) >= 11 is 0. The van der Waals surface area contributed by atoms with Crippen LogP contribution in [0, 0.1) is 0 Å². The monoisotopic (exact) mass is 267 g/mol. The van der Waals surface area contributed by atoms with Gasteiger partial charge in [0, 0.05) is 17.2 Å². The maximum atomic E-state index is 11.2. The summed E-state index contributed by atoms with van der Waals surface area (Å²) in [5, 5.41) is 10.8. The molecule has 1 heterocycles. The van der Waals surface area contributed by atoms with E-state index < -0.39 is 9.84 Å². The van der Waals surface area contributed by atoms with Crippen LogP contribution in [0.4, 0.5) is 0 Å². The van der Waals surface area contributed by atoms with Gasteiger partial charge >= 0.3 is 0 Å². The van der Waals surface area contributed by atoms with Crippen LogP contribution in [0.15, 0.2) is 34.7 Å². The Morgan fingerprint density at radius 3 is 2.89 bits per heavy atom. The van der Waals surface area contributed by atoms with E-state index >= 15 is 0 Å². The Morgan fingerprint density at radius 2 is 2.28 bits per heavy atom. The smallest absolute Gasteiger partial charge is 0.173 e. The molecule has 2 rings (SSSR count). The second-order valence-electron chi connectivity index (χ2n) is 3.93. The lowest BCUT2D eigenvalue weighted by Crippen LogP contribution is -2.08. The normalized spacial score (nSPS) is 21.5. The predicted molar refractivity (Wildman–Crippen MR) is 69.0 cm³/mol. The molecule has 96 valence electrons. The number of aromatic hydroxyl groups is 1. The van der Waals surface area contributed by atoms with Gasteiger partial charge in [-0.15, -0.1) is 0 Å². The van der Waals surface area contributed by atoms with Crippen molar-refractivity contribution in [2.45, 2.75) is 6.04 Å². The minimum Gasteiger partial charge on any atom is -0.507 e. The lowest BCUT2D eigenvalue weighted by molar-refractivity contribution is 0.412. The third kappa shape index (κ3) is 2.89. The van der Waals surface area contributed by atoms with Crippen molar-refractivity contribution < 1.29 is 18.3 Å². The number of phenols is 1. The molecule has 1 aliphatic heterocycles. The summed E-state index contributed by atoms with van der Waals surface area (Å²) in [5.74, 6) is 0.655. The molecule has 1 aromatic carbocycles. The number of hydrogen-bond donors (Lipinski definition) is 1. The Hall–Kier alpha value is -1.82. The molecule has 0 aromatic heterocycles. The van der Waals surface area contributed by atoms with Crippen LogP contribution in [-0.2, 0) is 9.84 Å². The summed E-state index contributed by atoms with van der Waals surface area (Å²) in [6, 6.07) is 4.38. The minimum atomic E-state index is -3.10. The highest BCUT2D eigenvalue weighted by Crippen LogP contribution is 2.21. The summed E-state index contributed by atoms with van der Waals surface area (Å²) < 4.78 is 27.4. The summed E-state index contributed by atoms with van der Waals surface area (Å²) in [7, 11) is -1.58. The van der Waals surface area contributed by atoms with E-state index in [1.54, 1.807) is 12.1 Å². The number of sulfone groups is 1. The molecule has 1 N–H and O–H groups in total. The fraction of sp³-hybridized carbons (Fsp3) is 0.250. The fourth-order valence-corrected chi connectivity index (χ4v) is 2.80. The number of aliphatic imine (C=N–C) groups is 1. The lowest BCUT2D eigenvalue weighted by atomic mass is 10.2. The molecule has 0 fully saturated rings. The maximum Gasteiger partial charge on any atom is 0.173 e. The molecular weight excluding hydrogens is 254 g/mol. The summed E-state index contributed by atoms with van der Waals surface area (Å²) in [6.45, 7) is 0. The summed E-state index contributed by atoms with van der Waals surface area (Å²) in [5.41, 5.74) is 0.493. The molecule has 1 aliphatic rings. The lowest BCUT2D eigenvalue weighted by Gasteiger charge is -2.04. The zero-order chi connectivity index (χ0) is 13.2. The quantitative estimate of drug-likeness (QED) is 0.833. The Kier molecular flexibility index (Phi) is 3.38. The van der Waals surface area contributed by atoms with E-state index in [0.717, 1.165) is 0 Å². The van der Waals surface area contributed by atoms with E-state index in [4.69, 9.17) is 4.74 Å². The number of rotatable bonds is 3. The molecule has 0 amide bonds. The average molecular weight is 267 g/mol. The molecule has 0 aliphatic carbocycles. The van der Waals surface area contributed by atoms with Crippen LogP contribution < -0.4 is 4.74 Å². The van der Waals surface area contributed by atoms with Crippen LogP contribution in [-0.4, -0.2) is 38.6 Å². The fourth-order valence-electron chi connectivity index (χ4n) is 1.59. The third-order valence-corrected chi connectivity index (χ3v) is 3.93. The SMILES string of the molecule is COc1ccc(O)c(C=N[C@@H]2C=CS(=O)(=O)C2)c1. The van der Waals surface area contributed by atoms with Crippen molar-refractivity contribution in [2.75, 3.05) is 12.9 Å². The summed E-state index contributed by atoms with van der Waals surface area (Å²) in [4.78, 5) is 4.12. The Bertz CT molecular complexity index is 605. The highest BCUT2D eigenvalue weighted by molar-refractivity contribution is 7.94. The number of ether oxygens (including phenoxy) is 1. The van der Waals surface area contributed by atoms with Crippen LogP contribution >= 0.6 is 0 Å². The van der Waals surface area contributed by atoms with Gasteiger partial charge in [-0.1, -0.05) is 0 Å². The average Bonchev–Trinajstić information content (AvgIpc) is 2.68. The van der Waals surface area contributed by atoms with Crippen molar-refractivity contribution in [3.8, 4) is 11.5 Å². The molecule has 5 nitrogen and oxygen atoms in total. The van der Waals surface area contributed by atoms with E-state index in [1.807, 2.05) is 0 Å². The van der Waals surface area contributed by atoms with Gasteiger partial charge in [0.15, 0.2) is 9.84 Å². The topological polar surface area (TPSA) is 76.0 Å². The molecule has 0 bridgehead atoms. The number of benzene rings is 1. The second-order valence-corrected chi connectivity index (χ2v) is 5.86. The first kappa shape index (κ1) is 12.6. The van der Waals surface area contributed by atoms with Crippen LogP contribution in [0.25, 0.3) is 0 Å². The van der Waals surface area contributed by atoms with Gasteiger partial charge in [-0.05, 0) is 24.3 Å². The van der Waals surface area contributed by atoms with E-state index in [2.05, 4.69) is 4.99 Å². The van der Waals surface area contributed by atoms with Crippen LogP contribution in [0.5, 0.6) is 11.5 Å². The van der Waals surface area contributed by atoms with Gasteiger partial charge in [-0.25, -0.2) is 8.42 Å². The standard InChI is InChI=1S/C12H13NO4S/c1-17-11-2-3-12(14)9(6-11)7-13-10-4-5-18(15,16)8-10/h2-7,10,14H,8H2,1H3/t10-/m1/s1. The van der Waals surface area contributed by atoms with Crippen molar-refractivity contribution in [1.29, 1.82) is 0 Å². The highest BCUT2D eigenvalue weighted by atomic mass is 32.2. The van der Waals surface area contributed by atoms with E-state index in [1.165, 1.54) is 30.9 Å². The third-order valence-electron chi connectivity index (χ3n) is 2.55. The zero-order valence-corrected chi connectivity index (χ0v) is 10.6. The molecule has 0 unspecified atom stereocenters. The zero-order valence-electron chi connectivity index (χ0n) is 9.78. The minimum absolute atomic E-state index is 0.0196. The van der Waals surface area contributed by atoms with Crippen LogP contribution in [0.2, 0.25) is 0 Å². The summed E-state index contributed by atoms with van der Waals surface area (Å²) in [6.07, 6.45) is 2.98. The Morgan fingerprint density at radius 1 is 1.50 bits per heavy atom. The molecule has 1 atom stereocenters. The number of nitrogens with zero attached hydrogens (tertiary/aromatic N) is 1. The Labute approximate surface area is 105 Å². The van der Waals surface area contributed by atoms with E-state index in [-0.39, 0.29) is 17.5 Å². The number of hydrogen-bond acceptors (Lipinski definition) is 5. The van der Waals surface area contributed by atoms with Gasteiger partial charge < -0.3 is 9.84 Å². The van der Waals surface area contributed by atoms with Gasteiger partial charge in [0.05, 0.1) is 18.9 Å². The molecule has 6 heteroatoms. The first-order valence-corrected chi connectivity index (χ1v) is 7.03. The van der Waals surface area contributed by atoms with Crippen molar-refractivity contribution in [1.82, 2.24) is 0 Å². The van der Waals surface area contributed by atoms with Gasteiger partial charge in [-0.2, -0.15) is 0 Å².